The molecule has 64 valence electrons. The zero-order valence-corrected chi connectivity index (χ0v) is 6.70. The second kappa shape index (κ2) is 2.80. The zero-order chi connectivity index (χ0) is 8.44. The second-order valence-corrected chi connectivity index (χ2v) is 3.25. The van der Waals surface area contributed by atoms with E-state index in [0.29, 0.717) is 19.5 Å². The number of β-amino-alcohol motifs (C(OH)–C–C–N with tert-alkyl or cyclic N) is 1. The number of hydrogen-bond donors (Lipinski definition) is 2. The maximum absolute atomic E-state index is 9.75. The molecule has 1 aliphatic heterocycles. The van der Waals surface area contributed by atoms with Gasteiger partial charge < -0.3 is 10.4 Å². The average molecular weight is 165 g/mol. The molecule has 1 saturated heterocycles. The highest BCUT2D eigenvalue weighted by molar-refractivity contribution is 5.10. The standard InChI is InChI=1S/C8H11N3O/c12-8(4-11-5-8)1-7-2-9-6-10-3-7/h2-3,6,11-12H,1,4-5H2. The molecular weight excluding hydrogens is 154 g/mol. The van der Waals surface area contributed by atoms with Crippen LogP contribution in [0.25, 0.3) is 0 Å². The van der Waals surface area contributed by atoms with Gasteiger partial charge in [-0.1, -0.05) is 0 Å². The van der Waals surface area contributed by atoms with Crippen molar-refractivity contribution in [3.63, 3.8) is 0 Å². The van der Waals surface area contributed by atoms with Crippen molar-refractivity contribution in [3.05, 3.63) is 24.3 Å². The van der Waals surface area contributed by atoms with Gasteiger partial charge in [0.15, 0.2) is 0 Å². The first-order valence-electron chi connectivity index (χ1n) is 3.96. The first-order chi connectivity index (χ1) is 5.79. The fraction of sp³-hybridized carbons (Fsp3) is 0.500. The molecule has 0 saturated carbocycles. The van der Waals surface area contributed by atoms with Crippen LogP contribution < -0.4 is 5.32 Å². The summed E-state index contributed by atoms with van der Waals surface area (Å²) in [7, 11) is 0. The van der Waals surface area contributed by atoms with Crippen LogP contribution in [0.15, 0.2) is 18.7 Å². The summed E-state index contributed by atoms with van der Waals surface area (Å²) in [5.41, 5.74) is 0.423. The molecule has 0 aromatic carbocycles. The molecule has 1 fully saturated rings. The van der Waals surface area contributed by atoms with Gasteiger partial charge in [0.2, 0.25) is 0 Å². The Hall–Kier alpha value is -1.00. The van der Waals surface area contributed by atoms with Crippen LogP contribution in [0.5, 0.6) is 0 Å². The summed E-state index contributed by atoms with van der Waals surface area (Å²) in [6, 6.07) is 0. The summed E-state index contributed by atoms with van der Waals surface area (Å²) < 4.78 is 0. The second-order valence-electron chi connectivity index (χ2n) is 3.25. The third kappa shape index (κ3) is 1.44. The van der Waals surface area contributed by atoms with Crippen LogP contribution in [0, 0.1) is 0 Å². The van der Waals surface area contributed by atoms with E-state index in [1.165, 1.54) is 6.33 Å². The lowest BCUT2D eigenvalue weighted by Gasteiger charge is -2.37. The highest BCUT2D eigenvalue weighted by Crippen LogP contribution is 2.16. The van der Waals surface area contributed by atoms with Crippen molar-refractivity contribution in [1.82, 2.24) is 15.3 Å². The van der Waals surface area contributed by atoms with E-state index in [-0.39, 0.29) is 0 Å². The van der Waals surface area contributed by atoms with Crippen molar-refractivity contribution < 1.29 is 5.11 Å². The highest BCUT2D eigenvalue weighted by Gasteiger charge is 2.34. The van der Waals surface area contributed by atoms with Gasteiger partial charge in [-0.05, 0) is 5.56 Å². The molecule has 1 aromatic rings. The maximum atomic E-state index is 9.75. The van der Waals surface area contributed by atoms with E-state index in [2.05, 4.69) is 15.3 Å². The fourth-order valence-corrected chi connectivity index (χ4v) is 1.34. The maximum Gasteiger partial charge on any atom is 0.115 e. The van der Waals surface area contributed by atoms with Gasteiger partial charge in [0.1, 0.15) is 6.33 Å². The van der Waals surface area contributed by atoms with E-state index >= 15 is 0 Å². The topological polar surface area (TPSA) is 58.0 Å². The number of nitrogens with one attached hydrogen (secondary N) is 1. The minimum absolute atomic E-state index is 0.565. The lowest BCUT2D eigenvalue weighted by atomic mass is 9.90. The van der Waals surface area contributed by atoms with Crippen molar-refractivity contribution in [2.24, 2.45) is 0 Å². The van der Waals surface area contributed by atoms with Crippen LogP contribution >= 0.6 is 0 Å². The third-order valence-electron chi connectivity index (χ3n) is 2.06. The SMILES string of the molecule is OC1(Cc2cncnc2)CNC1. The first kappa shape index (κ1) is 7.64. The molecule has 12 heavy (non-hydrogen) atoms. The highest BCUT2D eigenvalue weighted by atomic mass is 16.3. The normalized spacial score (nSPS) is 20.1. The number of aliphatic hydroxyl groups is 1. The number of hydrogen-bond acceptors (Lipinski definition) is 4. The van der Waals surface area contributed by atoms with Crippen LogP contribution in [0.4, 0.5) is 0 Å². The third-order valence-corrected chi connectivity index (χ3v) is 2.06. The molecular formula is C8H11N3O. The largest absolute Gasteiger partial charge is 0.387 e. The molecule has 4 nitrogen and oxygen atoms in total. The van der Waals surface area contributed by atoms with Crippen molar-refractivity contribution in [2.45, 2.75) is 12.0 Å². The summed E-state index contributed by atoms with van der Waals surface area (Å²) in [6.07, 6.45) is 5.61. The van der Waals surface area contributed by atoms with E-state index in [4.69, 9.17) is 0 Å². The Bertz CT molecular complexity index is 258. The summed E-state index contributed by atoms with van der Waals surface area (Å²) in [5, 5.41) is 12.8. The molecule has 0 radical (unpaired) electrons. The molecule has 0 aliphatic carbocycles. The van der Waals surface area contributed by atoms with Gasteiger partial charge in [-0.25, -0.2) is 9.97 Å². The van der Waals surface area contributed by atoms with Gasteiger partial charge in [-0.2, -0.15) is 0 Å². The van der Waals surface area contributed by atoms with Gasteiger partial charge in [-0.15, -0.1) is 0 Å². The van der Waals surface area contributed by atoms with Crippen molar-refractivity contribution in [1.29, 1.82) is 0 Å². The van der Waals surface area contributed by atoms with Crippen molar-refractivity contribution in [3.8, 4) is 0 Å². The molecule has 1 aromatic heterocycles. The predicted octanol–water partition coefficient (Wildman–Crippen LogP) is -0.647. The van der Waals surface area contributed by atoms with Crippen LogP contribution in [0.2, 0.25) is 0 Å². The van der Waals surface area contributed by atoms with Crippen LogP contribution in [0.1, 0.15) is 5.56 Å². The lowest BCUT2D eigenvalue weighted by molar-refractivity contribution is -0.00915. The Morgan fingerprint density at radius 3 is 2.58 bits per heavy atom. The van der Waals surface area contributed by atoms with Gasteiger partial charge in [0, 0.05) is 31.9 Å². The molecule has 0 spiro atoms. The zero-order valence-electron chi connectivity index (χ0n) is 6.70. The van der Waals surface area contributed by atoms with Gasteiger partial charge in [0.05, 0.1) is 5.60 Å². The van der Waals surface area contributed by atoms with Crippen molar-refractivity contribution in [2.75, 3.05) is 13.1 Å². The van der Waals surface area contributed by atoms with Crippen LogP contribution in [-0.2, 0) is 6.42 Å². The first-order valence-corrected chi connectivity index (χ1v) is 3.96. The molecule has 0 unspecified atom stereocenters. The molecule has 2 rings (SSSR count). The molecule has 2 heterocycles. The van der Waals surface area contributed by atoms with Crippen molar-refractivity contribution >= 4 is 0 Å². The Morgan fingerprint density at radius 2 is 2.08 bits per heavy atom. The fourth-order valence-electron chi connectivity index (χ4n) is 1.34. The van der Waals surface area contributed by atoms with E-state index in [1.54, 1.807) is 12.4 Å². The van der Waals surface area contributed by atoms with Gasteiger partial charge >= 0.3 is 0 Å². The number of nitrogens with zero attached hydrogens (tertiary/aromatic N) is 2. The molecule has 4 heteroatoms. The average Bonchev–Trinajstić information content (AvgIpc) is 2.04. The molecule has 0 amide bonds. The number of rotatable bonds is 2. The summed E-state index contributed by atoms with van der Waals surface area (Å²) in [6.45, 7) is 1.34. The van der Waals surface area contributed by atoms with Crippen LogP contribution in [0.3, 0.4) is 0 Å². The molecule has 0 atom stereocenters. The number of aromatic nitrogens is 2. The summed E-state index contributed by atoms with van der Waals surface area (Å²) >= 11 is 0. The molecule has 0 bridgehead atoms. The Morgan fingerprint density at radius 1 is 1.42 bits per heavy atom. The predicted molar refractivity (Wildman–Crippen MR) is 43.6 cm³/mol. The smallest absolute Gasteiger partial charge is 0.115 e. The van der Waals surface area contributed by atoms with E-state index in [1.807, 2.05) is 0 Å². The summed E-state index contributed by atoms with van der Waals surface area (Å²) in [4.78, 5) is 7.77. The molecule has 1 aliphatic rings. The molecule has 2 N–H and O–H groups in total. The monoisotopic (exact) mass is 165 g/mol. The lowest BCUT2D eigenvalue weighted by Crippen LogP contribution is -2.60. The minimum atomic E-state index is -0.565. The van der Waals surface area contributed by atoms with Crippen LogP contribution in [-0.4, -0.2) is 33.8 Å². The quantitative estimate of drug-likeness (QED) is 0.611. The Kier molecular flexibility index (Phi) is 1.78. The Balaban J connectivity index is 2.04. The Labute approximate surface area is 70.7 Å². The van der Waals surface area contributed by atoms with E-state index < -0.39 is 5.60 Å². The van der Waals surface area contributed by atoms with Gasteiger partial charge in [0.25, 0.3) is 0 Å². The van der Waals surface area contributed by atoms with Gasteiger partial charge in [-0.3, -0.25) is 0 Å². The van der Waals surface area contributed by atoms with E-state index in [0.717, 1.165) is 5.56 Å². The minimum Gasteiger partial charge on any atom is -0.387 e. The summed E-state index contributed by atoms with van der Waals surface area (Å²) in [5.74, 6) is 0. The van der Waals surface area contributed by atoms with E-state index in [9.17, 15) is 5.11 Å².